The van der Waals surface area contributed by atoms with Gasteiger partial charge in [-0.25, -0.2) is 0 Å². The summed E-state index contributed by atoms with van der Waals surface area (Å²) in [6.07, 6.45) is 2.73. The molecule has 5 rings (SSSR count). The van der Waals surface area contributed by atoms with E-state index < -0.39 is 0 Å². The number of benzene rings is 2. The van der Waals surface area contributed by atoms with Crippen molar-refractivity contribution in [3.63, 3.8) is 0 Å². The molecule has 1 amide bonds. The third-order valence-corrected chi connectivity index (χ3v) is 7.36. The van der Waals surface area contributed by atoms with E-state index >= 15 is 0 Å². The lowest BCUT2D eigenvalue weighted by Crippen LogP contribution is -2.59. The Balaban J connectivity index is 1.39. The maximum atomic E-state index is 11.4. The third kappa shape index (κ3) is 3.29. The van der Waals surface area contributed by atoms with Crippen LogP contribution in [0, 0.1) is 23.2 Å². The summed E-state index contributed by atoms with van der Waals surface area (Å²) in [5.41, 5.74) is 9.91. The number of hydrogen-bond acceptors (Lipinski definition) is 2. The van der Waals surface area contributed by atoms with Gasteiger partial charge in [-0.15, -0.1) is 0 Å². The Kier molecular flexibility index (Phi) is 4.59. The number of fused-ring (bicyclic) bond motifs is 2. The summed E-state index contributed by atoms with van der Waals surface area (Å²) in [5.74, 6) is 2.12. The molecule has 2 aromatic rings. The van der Waals surface area contributed by atoms with Crippen LogP contribution >= 0.6 is 0 Å². The van der Waals surface area contributed by atoms with Crippen LogP contribution in [0.5, 0.6) is 0 Å². The van der Waals surface area contributed by atoms with Gasteiger partial charge in [0.2, 0.25) is 5.91 Å². The normalized spacial score (nSPS) is 28.4. The van der Waals surface area contributed by atoms with E-state index in [0.29, 0.717) is 17.0 Å². The highest BCUT2D eigenvalue weighted by Crippen LogP contribution is 2.61. The van der Waals surface area contributed by atoms with Crippen molar-refractivity contribution in [3.8, 4) is 11.1 Å². The first-order valence-electron chi connectivity index (χ1n) is 10.1. The molecule has 3 saturated carbocycles. The number of amides is 1. The van der Waals surface area contributed by atoms with Gasteiger partial charge in [-0.1, -0.05) is 57.2 Å². The minimum absolute atomic E-state index is 0.388. The number of nitrogens with two attached hydrogens (primary N) is 1. The maximum absolute atomic E-state index is 11.4. The molecular formula is C24H30N2O. The summed E-state index contributed by atoms with van der Waals surface area (Å²) in [5, 5.41) is 3.81. The first-order valence-corrected chi connectivity index (χ1v) is 10.1. The van der Waals surface area contributed by atoms with Gasteiger partial charge in [0, 0.05) is 18.2 Å². The lowest BCUT2D eigenvalue weighted by atomic mass is 9.45. The van der Waals surface area contributed by atoms with Crippen molar-refractivity contribution in [3.05, 3.63) is 59.7 Å². The van der Waals surface area contributed by atoms with Crippen LogP contribution in [0.1, 0.15) is 49.5 Å². The number of carbonyl (C=O) groups excluding carboxylic acids is 1. The molecule has 0 unspecified atom stereocenters. The molecule has 0 spiro atoms. The largest absolute Gasteiger partial charge is 0.366 e. The number of hydrogen-bond donors (Lipinski definition) is 2. The fourth-order valence-corrected chi connectivity index (χ4v) is 5.34. The fourth-order valence-electron chi connectivity index (χ4n) is 5.34. The Morgan fingerprint density at radius 2 is 1.85 bits per heavy atom. The van der Waals surface area contributed by atoms with Crippen molar-refractivity contribution >= 4 is 5.91 Å². The Hall–Kier alpha value is -2.13. The van der Waals surface area contributed by atoms with E-state index in [1.807, 2.05) is 18.2 Å². The van der Waals surface area contributed by atoms with Gasteiger partial charge in [0.25, 0.3) is 0 Å². The molecule has 2 aromatic carbocycles. The van der Waals surface area contributed by atoms with Crippen LogP contribution in [0.3, 0.4) is 0 Å². The van der Waals surface area contributed by atoms with Crippen LogP contribution in [-0.2, 0) is 6.54 Å². The number of rotatable bonds is 5. The highest BCUT2D eigenvalue weighted by molar-refractivity contribution is 5.94. The van der Waals surface area contributed by atoms with E-state index in [1.54, 1.807) is 6.07 Å². The van der Waals surface area contributed by atoms with Crippen LogP contribution in [0.25, 0.3) is 11.1 Å². The van der Waals surface area contributed by atoms with Crippen LogP contribution in [-0.4, -0.2) is 11.9 Å². The lowest BCUT2D eigenvalue weighted by molar-refractivity contribution is -0.115. The quantitative estimate of drug-likeness (QED) is 0.816. The topological polar surface area (TPSA) is 55.1 Å². The summed E-state index contributed by atoms with van der Waals surface area (Å²) < 4.78 is 0. The van der Waals surface area contributed by atoms with Crippen molar-refractivity contribution < 1.29 is 4.79 Å². The van der Waals surface area contributed by atoms with E-state index in [2.05, 4.69) is 50.4 Å². The highest BCUT2D eigenvalue weighted by Gasteiger charge is 2.55. The molecule has 27 heavy (non-hydrogen) atoms. The molecule has 0 heterocycles. The molecule has 3 heteroatoms. The van der Waals surface area contributed by atoms with Crippen molar-refractivity contribution in [2.24, 2.45) is 28.9 Å². The fraction of sp³-hybridized carbons (Fsp3) is 0.458. The molecule has 4 atom stereocenters. The van der Waals surface area contributed by atoms with Crippen molar-refractivity contribution in [1.82, 2.24) is 5.32 Å². The van der Waals surface area contributed by atoms with Gasteiger partial charge >= 0.3 is 0 Å². The van der Waals surface area contributed by atoms with Crippen molar-refractivity contribution in [2.75, 3.05) is 0 Å². The first-order chi connectivity index (χ1) is 12.9. The second kappa shape index (κ2) is 6.79. The molecule has 3 aliphatic rings. The second-order valence-corrected chi connectivity index (χ2v) is 9.08. The zero-order chi connectivity index (χ0) is 19.2. The molecule has 0 aliphatic heterocycles. The average Bonchev–Trinajstić information content (AvgIpc) is 2.67. The van der Waals surface area contributed by atoms with Gasteiger partial charge < -0.3 is 11.1 Å². The monoisotopic (exact) mass is 362 g/mol. The Bertz CT molecular complexity index is 840. The average molecular weight is 363 g/mol. The SMILES string of the molecule is C[C@H]1[C@H](NCc2ccc(-c3cccc(C(N)=O)c3)cc2)C[C@H]2C[C@@H]1C2(C)C. The zero-order valence-electron chi connectivity index (χ0n) is 16.5. The molecule has 142 valence electrons. The minimum Gasteiger partial charge on any atom is -0.366 e. The van der Waals surface area contributed by atoms with E-state index in [4.69, 9.17) is 5.73 Å². The molecule has 3 nitrogen and oxygen atoms in total. The Morgan fingerprint density at radius 1 is 1.11 bits per heavy atom. The van der Waals surface area contributed by atoms with E-state index in [0.717, 1.165) is 35.4 Å². The van der Waals surface area contributed by atoms with Gasteiger partial charge in [0.05, 0.1) is 0 Å². The summed E-state index contributed by atoms with van der Waals surface area (Å²) in [6.45, 7) is 8.24. The standard InChI is InChI=1S/C24H30N2O/c1-15-21-12-20(24(21,2)3)13-22(15)26-14-16-7-9-17(10-8-16)18-5-4-6-19(11-18)23(25)27/h4-11,15,20-22,26H,12-14H2,1-3H3,(H2,25,27)/t15-,20-,21+,22-/m1/s1. The summed E-state index contributed by atoms with van der Waals surface area (Å²) >= 11 is 0. The lowest BCUT2D eigenvalue weighted by Gasteiger charge is -2.62. The summed E-state index contributed by atoms with van der Waals surface area (Å²) in [4.78, 5) is 11.4. The number of carbonyl (C=O) groups is 1. The van der Waals surface area contributed by atoms with Gasteiger partial charge in [-0.05, 0) is 64.8 Å². The smallest absolute Gasteiger partial charge is 0.248 e. The molecule has 2 bridgehead atoms. The third-order valence-electron chi connectivity index (χ3n) is 7.36. The van der Waals surface area contributed by atoms with Crippen LogP contribution in [0.4, 0.5) is 0 Å². The summed E-state index contributed by atoms with van der Waals surface area (Å²) in [6, 6.07) is 16.7. The molecule has 0 aromatic heterocycles. The Labute approximate surface area is 162 Å². The van der Waals surface area contributed by atoms with Gasteiger partial charge in [0.1, 0.15) is 0 Å². The molecule has 3 fully saturated rings. The number of primary amides is 1. The molecule has 3 N–H and O–H groups in total. The predicted octanol–water partition coefficient (Wildman–Crippen LogP) is 4.61. The zero-order valence-corrected chi connectivity index (χ0v) is 16.5. The second-order valence-electron chi connectivity index (χ2n) is 9.08. The minimum atomic E-state index is -0.388. The van der Waals surface area contributed by atoms with Gasteiger partial charge in [0.15, 0.2) is 0 Å². The number of nitrogens with one attached hydrogen (secondary N) is 1. The van der Waals surface area contributed by atoms with Crippen LogP contribution in [0.2, 0.25) is 0 Å². The van der Waals surface area contributed by atoms with Crippen molar-refractivity contribution in [2.45, 2.75) is 46.2 Å². The maximum Gasteiger partial charge on any atom is 0.248 e. The summed E-state index contributed by atoms with van der Waals surface area (Å²) in [7, 11) is 0. The van der Waals surface area contributed by atoms with Gasteiger partial charge in [-0.2, -0.15) is 0 Å². The first kappa shape index (κ1) is 18.2. The van der Waals surface area contributed by atoms with Crippen LogP contribution in [0.15, 0.2) is 48.5 Å². The van der Waals surface area contributed by atoms with E-state index in [9.17, 15) is 4.79 Å². The van der Waals surface area contributed by atoms with Gasteiger partial charge in [-0.3, -0.25) is 4.79 Å². The van der Waals surface area contributed by atoms with E-state index in [1.165, 1.54) is 18.4 Å². The molecule has 0 radical (unpaired) electrons. The van der Waals surface area contributed by atoms with Crippen LogP contribution < -0.4 is 11.1 Å². The Morgan fingerprint density at radius 3 is 2.48 bits per heavy atom. The highest BCUT2D eigenvalue weighted by atomic mass is 16.1. The predicted molar refractivity (Wildman–Crippen MR) is 110 cm³/mol. The molecule has 0 saturated heterocycles. The molecular weight excluding hydrogens is 332 g/mol. The van der Waals surface area contributed by atoms with Crippen molar-refractivity contribution in [1.29, 1.82) is 0 Å². The molecule has 3 aliphatic carbocycles. The van der Waals surface area contributed by atoms with E-state index in [-0.39, 0.29) is 5.91 Å².